The molecule has 1 aliphatic heterocycles. The van der Waals surface area contributed by atoms with Crippen LogP contribution in [0.2, 0.25) is 5.15 Å². The maximum atomic E-state index is 15.2. The second-order valence-electron chi connectivity index (χ2n) is 7.28. The average molecular weight is 438 g/mol. The van der Waals surface area contributed by atoms with E-state index in [-0.39, 0.29) is 29.6 Å². The summed E-state index contributed by atoms with van der Waals surface area (Å²) in [5, 5.41) is 1.74. The molecule has 2 aromatic rings. The van der Waals surface area contributed by atoms with Crippen LogP contribution in [0.3, 0.4) is 0 Å². The highest BCUT2D eigenvalue weighted by Crippen LogP contribution is 2.41. The van der Waals surface area contributed by atoms with Crippen molar-refractivity contribution < 1.29 is 23.0 Å². The van der Waals surface area contributed by atoms with Gasteiger partial charge >= 0.3 is 0 Å². The number of aromatic nitrogens is 2. The first-order valence-corrected chi connectivity index (χ1v) is 9.99. The molecule has 0 amide bonds. The number of hydrogen-bond donors (Lipinski definition) is 0. The van der Waals surface area contributed by atoms with Crippen molar-refractivity contribution >= 4 is 33.8 Å². The summed E-state index contributed by atoms with van der Waals surface area (Å²) in [5.41, 5.74) is -0.114. The van der Waals surface area contributed by atoms with E-state index >= 15 is 8.78 Å². The normalized spacial score (nSPS) is 22.8. The van der Waals surface area contributed by atoms with Crippen LogP contribution in [0.5, 0.6) is 0 Å². The molecule has 2 unspecified atom stereocenters. The monoisotopic (exact) mass is 437 g/mol. The van der Waals surface area contributed by atoms with Gasteiger partial charge in [0.2, 0.25) is 0 Å². The van der Waals surface area contributed by atoms with Crippen LogP contribution in [0.1, 0.15) is 19.0 Å². The first-order chi connectivity index (χ1) is 14.4. The van der Waals surface area contributed by atoms with Gasteiger partial charge in [0, 0.05) is 43.6 Å². The molecule has 9 heteroatoms. The molecule has 2 aliphatic rings. The summed E-state index contributed by atoms with van der Waals surface area (Å²) in [6, 6.07) is 3.31. The zero-order valence-electron chi connectivity index (χ0n) is 16.9. The van der Waals surface area contributed by atoms with Gasteiger partial charge in [0.1, 0.15) is 28.7 Å². The van der Waals surface area contributed by atoms with Gasteiger partial charge in [-0.25, -0.2) is 18.7 Å². The Bertz CT molecular complexity index is 1040. The quantitative estimate of drug-likeness (QED) is 0.659. The van der Waals surface area contributed by atoms with Gasteiger partial charge in [-0.15, -0.1) is 0 Å². The second-order valence-corrected chi connectivity index (χ2v) is 7.67. The lowest BCUT2D eigenvalue weighted by atomic mass is 9.96. The number of ether oxygens (including phenoxy) is 3. The number of allylic oxidation sites excluding steroid dienone is 2. The summed E-state index contributed by atoms with van der Waals surface area (Å²) in [7, 11) is 2.72. The van der Waals surface area contributed by atoms with E-state index in [4.69, 9.17) is 25.8 Å². The zero-order chi connectivity index (χ0) is 21.4. The zero-order valence-corrected chi connectivity index (χ0v) is 17.7. The van der Waals surface area contributed by atoms with Crippen molar-refractivity contribution in [1.82, 2.24) is 9.97 Å². The van der Waals surface area contributed by atoms with Gasteiger partial charge in [-0.2, -0.15) is 0 Å². The molecule has 6 nitrogen and oxygen atoms in total. The van der Waals surface area contributed by atoms with Crippen LogP contribution in [0.15, 0.2) is 35.7 Å². The Kier molecular flexibility index (Phi) is 5.90. The molecule has 3 heterocycles. The predicted molar refractivity (Wildman–Crippen MR) is 111 cm³/mol. The summed E-state index contributed by atoms with van der Waals surface area (Å²) in [6.45, 7) is 3.68. The summed E-state index contributed by atoms with van der Waals surface area (Å²) in [6.07, 6.45) is 0.607. The number of anilines is 1. The van der Waals surface area contributed by atoms with Crippen LogP contribution >= 0.6 is 11.6 Å². The third kappa shape index (κ3) is 3.75. The van der Waals surface area contributed by atoms with E-state index in [1.54, 1.807) is 18.3 Å². The van der Waals surface area contributed by atoms with Crippen LogP contribution < -0.4 is 4.90 Å². The van der Waals surface area contributed by atoms with E-state index in [1.165, 1.54) is 14.2 Å². The van der Waals surface area contributed by atoms with E-state index in [1.807, 2.05) is 11.8 Å². The molecule has 0 radical (unpaired) electrons. The Morgan fingerprint density at radius 3 is 2.77 bits per heavy atom. The SMILES string of the molecule is COC1=C(F)C(c2cc3cnc(Cl)cc3c(N3CCOC(C)C3)n2)=C(F)C(OC)C1. The van der Waals surface area contributed by atoms with Crippen molar-refractivity contribution in [2.24, 2.45) is 0 Å². The fraction of sp³-hybridized carbons (Fsp3) is 0.429. The molecule has 2 aromatic heterocycles. The molecule has 1 saturated heterocycles. The molecule has 1 fully saturated rings. The topological polar surface area (TPSA) is 56.7 Å². The van der Waals surface area contributed by atoms with Crippen molar-refractivity contribution in [1.29, 1.82) is 0 Å². The van der Waals surface area contributed by atoms with E-state index in [0.29, 0.717) is 36.1 Å². The van der Waals surface area contributed by atoms with Gasteiger partial charge in [-0.3, -0.25) is 0 Å². The number of halogens is 3. The number of rotatable bonds is 4. The Hall–Kier alpha value is -2.29. The van der Waals surface area contributed by atoms with Crippen molar-refractivity contribution in [2.45, 2.75) is 25.6 Å². The molecule has 0 N–H and O–H groups in total. The molecule has 0 saturated carbocycles. The van der Waals surface area contributed by atoms with Crippen LogP contribution in [-0.2, 0) is 14.2 Å². The summed E-state index contributed by atoms with van der Waals surface area (Å²) >= 11 is 6.12. The molecule has 160 valence electrons. The van der Waals surface area contributed by atoms with E-state index in [2.05, 4.69) is 9.97 Å². The Balaban J connectivity index is 1.93. The fourth-order valence-electron chi connectivity index (χ4n) is 3.83. The molecular formula is C21H22ClF2N3O3. The summed E-state index contributed by atoms with van der Waals surface area (Å²) in [5.74, 6) is -0.895. The Morgan fingerprint density at radius 1 is 1.27 bits per heavy atom. The number of morpholine rings is 1. The van der Waals surface area contributed by atoms with E-state index in [0.717, 1.165) is 5.39 Å². The van der Waals surface area contributed by atoms with Crippen LogP contribution in [0.25, 0.3) is 16.3 Å². The molecule has 0 bridgehead atoms. The Morgan fingerprint density at radius 2 is 2.07 bits per heavy atom. The highest BCUT2D eigenvalue weighted by molar-refractivity contribution is 6.30. The highest BCUT2D eigenvalue weighted by atomic mass is 35.5. The number of hydrogen-bond acceptors (Lipinski definition) is 6. The molecule has 1 aliphatic carbocycles. The summed E-state index contributed by atoms with van der Waals surface area (Å²) < 4.78 is 46.3. The largest absolute Gasteiger partial charge is 0.498 e. The predicted octanol–water partition coefficient (Wildman–Crippen LogP) is 4.44. The van der Waals surface area contributed by atoms with E-state index in [9.17, 15) is 0 Å². The van der Waals surface area contributed by atoms with Gasteiger partial charge in [-0.05, 0) is 19.1 Å². The molecular weight excluding hydrogens is 416 g/mol. The lowest BCUT2D eigenvalue weighted by Crippen LogP contribution is -2.41. The van der Waals surface area contributed by atoms with Gasteiger partial charge in [0.15, 0.2) is 5.83 Å². The maximum Gasteiger partial charge on any atom is 0.172 e. The van der Waals surface area contributed by atoms with Crippen molar-refractivity contribution in [3.63, 3.8) is 0 Å². The average Bonchev–Trinajstić information content (AvgIpc) is 2.73. The third-order valence-corrected chi connectivity index (χ3v) is 5.55. The molecule has 0 aromatic carbocycles. The lowest BCUT2D eigenvalue weighted by Gasteiger charge is -2.33. The third-order valence-electron chi connectivity index (χ3n) is 5.35. The van der Waals surface area contributed by atoms with Crippen LogP contribution in [0.4, 0.5) is 14.6 Å². The second kappa shape index (κ2) is 8.45. The first-order valence-electron chi connectivity index (χ1n) is 9.61. The molecule has 30 heavy (non-hydrogen) atoms. The van der Waals surface area contributed by atoms with Crippen LogP contribution in [-0.4, -0.2) is 56.1 Å². The number of methoxy groups -OCH3 is 2. The van der Waals surface area contributed by atoms with Crippen molar-refractivity contribution in [2.75, 3.05) is 38.8 Å². The highest BCUT2D eigenvalue weighted by Gasteiger charge is 2.33. The lowest BCUT2D eigenvalue weighted by molar-refractivity contribution is 0.0530. The molecule has 4 rings (SSSR count). The van der Waals surface area contributed by atoms with E-state index < -0.39 is 17.8 Å². The molecule has 0 spiro atoms. The van der Waals surface area contributed by atoms with Crippen molar-refractivity contribution in [3.8, 4) is 0 Å². The van der Waals surface area contributed by atoms with Gasteiger partial charge in [0.05, 0.1) is 31.1 Å². The maximum absolute atomic E-state index is 15.2. The number of fused-ring (bicyclic) bond motifs is 1. The van der Waals surface area contributed by atoms with Gasteiger partial charge < -0.3 is 19.1 Å². The number of nitrogens with zero attached hydrogens (tertiary/aromatic N) is 3. The minimum Gasteiger partial charge on any atom is -0.498 e. The van der Waals surface area contributed by atoms with Crippen LogP contribution in [0, 0.1) is 0 Å². The smallest absolute Gasteiger partial charge is 0.172 e. The Labute approximate surface area is 178 Å². The van der Waals surface area contributed by atoms with Gasteiger partial charge in [0.25, 0.3) is 0 Å². The minimum absolute atomic E-state index is 0.00297. The summed E-state index contributed by atoms with van der Waals surface area (Å²) in [4.78, 5) is 10.8. The minimum atomic E-state index is -0.942. The first kappa shape index (κ1) is 21.0. The van der Waals surface area contributed by atoms with Crippen molar-refractivity contribution in [3.05, 3.63) is 46.6 Å². The van der Waals surface area contributed by atoms with Gasteiger partial charge in [-0.1, -0.05) is 11.6 Å². The number of pyridine rings is 2. The fourth-order valence-corrected chi connectivity index (χ4v) is 3.99. The molecule has 2 atom stereocenters. The standard InChI is InChI=1S/C21H22ClF2N3O3/c1-11-10-27(4-5-30-11)21-13-7-17(22)25-9-12(13)6-14(26-21)18-19(23)15(28-2)8-16(29-3)20(18)24/h6-7,9,11,15H,4-5,8,10H2,1-3H3.